The van der Waals surface area contributed by atoms with Crippen molar-refractivity contribution < 1.29 is 9.13 Å². The smallest absolute Gasteiger partial charge is 0.193 e. The first-order valence-electron chi connectivity index (χ1n) is 6.76. The number of halogens is 2. The third kappa shape index (κ3) is 5.10. The third-order valence-corrected chi connectivity index (χ3v) is 3.48. The lowest BCUT2D eigenvalue weighted by Gasteiger charge is -2.39. The number of nitrogens with one attached hydrogen (secondary N) is 1. The van der Waals surface area contributed by atoms with Crippen LogP contribution in [-0.4, -0.2) is 44.7 Å². The van der Waals surface area contributed by atoms with Gasteiger partial charge in [-0.25, -0.2) is 4.39 Å². The summed E-state index contributed by atoms with van der Waals surface area (Å²) < 4.78 is 18.1. The Bertz CT molecular complexity index is 474. The van der Waals surface area contributed by atoms with Crippen LogP contribution in [0, 0.1) is 11.2 Å². The molecule has 0 radical (unpaired) electrons. The van der Waals surface area contributed by atoms with Crippen molar-refractivity contribution in [3.8, 4) is 0 Å². The molecule has 0 spiro atoms. The molecule has 1 saturated heterocycles. The van der Waals surface area contributed by atoms with Gasteiger partial charge in [-0.1, -0.05) is 19.1 Å². The molecule has 0 aromatic heterocycles. The van der Waals surface area contributed by atoms with Gasteiger partial charge in [0.15, 0.2) is 5.96 Å². The molecule has 1 N–H and O–H groups in total. The normalized spacial score (nSPS) is 16.7. The van der Waals surface area contributed by atoms with Gasteiger partial charge >= 0.3 is 0 Å². The molecule has 0 unspecified atom stereocenters. The maximum Gasteiger partial charge on any atom is 0.193 e. The minimum absolute atomic E-state index is 0. The van der Waals surface area contributed by atoms with E-state index < -0.39 is 0 Å². The number of hydrogen-bond donors (Lipinski definition) is 1. The lowest BCUT2D eigenvalue weighted by atomic mass is 9.89. The predicted molar refractivity (Wildman–Crippen MR) is 93.6 cm³/mol. The van der Waals surface area contributed by atoms with Crippen LogP contribution < -0.4 is 5.32 Å². The molecule has 1 fully saturated rings. The molecule has 0 bridgehead atoms. The van der Waals surface area contributed by atoms with Crippen molar-refractivity contribution in [2.24, 2.45) is 10.4 Å². The topological polar surface area (TPSA) is 36.9 Å². The van der Waals surface area contributed by atoms with Crippen molar-refractivity contribution in [2.45, 2.75) is 13.5 Å². The zero-order valence-corrected chi connectivity index (χ0v) is 15.1. The van der Waals surface area contributed by atoms with Gasteiger partial charge in [0.2, 0.25) is 0 Å². The van der Waals surface area contributed by atoms with E-state index >= 15 is 0 Å². The number of aliphatic imine (C=N–C) groups is 1. The molecular formula is C15H23FIN3O. The maximum absolute atomic E-state index is 12.9. The SMILES string of the molecule is CN=C(NCC1(C)COC1)N(C)Cc1ccc(F)cc1.I. The van der Waals surface area contributed by atoms with E-state index in [1.807, 2.05) is 11.9 Å². The number of benzene rings is 1. The molecule has 1 aromatic rings. The standard InChI is InChI=1S/C15H22FN3O.HI/c1-15(10-20-11-15)9-18-14(17-2)19(3)8-12-4-6-13(16)7-5-12;/h4-7H,8-11H2,1-3H3,(H,17,18);1H. The number of nitrogens with zero attached hydrogens (tertiary/aromatic N) is 2. The highest BCUT2D eigenvalue weighted by Crippen LogP contribution is 2.25. The summed E-state index contributed by atoms with van der Waals surface area (Å²) in [4.78, 5) is 6.30. The van der Waals surface area contributed by atoms with E-state index in [1.165, 1.54) is 12.1 Å². The second kappa shape index (κ2) is 7.93. The summed E-state index contributed by atoms with van der Waals surface area (Å²) in [5, 5.41) is 3.37. The van der Waals surface area contributed by atoms with Gasteiger partial charge in [0.05, 0.1) is 13.2 Å². The summed E-state index contributed by atoms with van der Waals surface area (Å²) in [6.07, 6.45) is 0. The third-order valence-electron chi connectivity index (χ3n) is 3.48. The molecule has 0 saturated carbocycles. The van der Waals surface area contributed by atoms with Gasteiger partial charge in [0.25, 0.3) is 0 Å². The Hall–Kier alpha value is -0.890. The Morgan fingerprint density at radius 3 is 2.48 bits per heavy atom. The molecule has 6 heteroatoms. The molecule has 1 aliphatic rings. The highest BCUT2D eigenvalue weighted by Gasteiger charge is 2.33. The summed E-state index contributed by atoms with van der Waals surface area (Å²) in [6, 6.07) is 6.54. The monoisotopic (exact) mass is 407 g/mol. The van der Waals surface area contributed by atoms with Gasteiger partial charge in [0, 0.05) is 32.6 Å². The van der Waals surface area contributed by atoms with E-state index in [0.717, 1.165) is 31.3 Å². The van der Waals surface area contributed by atoms with E-state index in [-0.39, 0.29) is 35.2 Å². The molecule has 118 valence electrons. The van der Waals surface area contributed by atoms with E-state index in [9.17, 15) is 4.39 Å². The lowest BCUT2D eigenvalue weighted by Crippen LogP contribution is -2.51. The van der Waals surface area contributed by atoms with Crippen LogP contribution in [0.25, 0.3) is 0 Å². The first-order valence-corrected chi connectivity index (χ1v) is 6.76. The summed E-state index contributed by atoms with van der Waals surface area (Å²) in [7, 11) is 3.74. The largest absolute Gasteiger partial charge is 0.380 e. The molecule has 0 amide bonds. The highest BCUT2D eigenvalue weighted by atomic mass is 127. The molecule has 0 aliphatic carbocycles. The fraction of sp³-hybridized carbons (Fsp3) is 0.533. The Kier molecular flexibility index (Phi) is 6.86. The van der Waals surface area contributed by atoms with Crippen molar-refractivity contribution >= 4 is 29.9 Å². The van der Waals surface area contributed by atoms with Crippen molar-refractivity contribution in [1.82, 2.24) is 10.2 Å². The zero-order chi connectivity index (χ0) is 14.6. The van der Waals surface area contributed by atoms with Gasteiger partial charge in [0.1, 0.15) is 5.82 Å². The molecule has 21 heavy (non-hydrogen) atoms. The minimum atomic E-state index is -0.211. The molecular weight excluding hydrogens is 384 g/mol. The van der Waals surface area contributed by atoms with Crippen LogP contribution in [0.1, 0.15) is 12.5 Å². The maximum atomic E-state index is 12.9. The quantitative estimate of drug-likeness (QED) is 0.474. The predicted octanol–water partition coefficient (Wildman–Crippen LogP) is 2.49. The van der Waals surface area contributed by atoms with Crippen LogP contribution in [0.15, 0.2) is 29.3 Å². The Balaban J connectivity index is 0.00000220. The summed E-state index contributed by atoms with van der Waals surface area (Å²) in [5.74, 6) is 0.624. The Morgan fingerprint density at radius 2 is 2.00 bits per heavy atom. The molecule has 1 aromatic carbocycles. The van der Waals surface area contributed by atoms with E-state index in [1.54, 1.807) is 19.2 Å². The van der Waals surface area contributed by atoms with Gasteiger partial charge in [-0.2, -0.15) is 0 Å². The van der Waals surface area contributed by atoms with Crippen LogP contribution in [-0.2, 0) is 11.3 Å². The van der Waals surface area contributed by atoms with Crippen LogP contribution in [0.4, 0.5) is 4.39 Å². The van der Waals surface area contributed by atoms with Crippen LogP contribution in [0.3, 0.4) is 0 Å². The fourth-order valence-electron chi connectivity index (χ4n) is 2.17. The number of ether oxygens (including phenoxy) is 1. The molecule has 2 rings (SSSR count). The van der Waals surface area contributed by atoms with Gasteiger partial charge in [-0.05, 0) is 17.7 Å². The number of guanidine groups is 1. The van der Waals surface area contributed by atoms with Crippen LogP contribution in [0.5, 0.6) is 0 Å². The van der Waals surface area contributed by atoms with E-state index in [0.29, 0.717) is 6.54 Å². The molecule has 0 atom stereocenters. The number of hydrogen-bond acceptors (Lipinski definition) is 2. The summed E-state index contributed by atoms with van der Waals surface area (Å²) >= 11 is 0. The first-order chi connectivity index (χ1) is 9.52. The van der Waals surface area contributed by atoms with E-state index in [4.69, 9.17) is 4.74 Å². The fourth-order valence-corrected chi connectivity index (χ4v) is 2.17. The second-order valence-corrected chi connectivity index (χ2v) is 5.69. The van der Waals surface area contributed by atoms with Crippen molar-refractivity contribution in [3.05, 3.63) is 35.6 Å². The first kappa shape index (κ1) is 18.2. The Labute approximate surface area is 142 Å². The minimum Gasteiger partial charge on any atom is -0.380 e. The highest BCUT2D eigenvalue weighted by molar-refractivity contribution is 14.0. The second-order valence-electron chi connectivity index (χ2n) is 5.69. The van der Waals surface area contributed by atoms with Crippen molar-refractivity contribution in [2.75, 3.05) is 33.9 Å². The van der Waals surface area contributed by atoms with Gasteiger partial charge in [-0.3, -0.25) is 4.99 Å². The molecule has 4 nitrogen and oxygen atoms in total. The number of rotatable bonds is 4. The lowest BCUT2D eigenvalue weighted by molar-refractivity contribution is -0.0972. The van der Waals surface area contributed by atoms with Gasteiger partial charge < -0.3 is 15.0 Å². The van der Waals surface area contributed by atoms with Crippen LogP contribution >= 0.6 is 24.0 Å². The zero-order valence-electron chi connectivity index (χ0n) is 12.7. The van der Waals surface area contributed by atoms with Crippen molar-refractivity contribution in [1.29, 1.82) is 0 Å². The van der Waals surface area contributed by atoms with Crippen LogP contribution in [0.2, 0.25) is 0 Å². The average Bonchev–Trinajstić information content (AvgIpc) is 2.40. The van der Waals surface area contributed by atoms with Crippen molar-refractivity contribution in [3.63, 3.8) is 0 Å². The van der Waals surface area contributed by atoms with Gasteiger partial charge in [-0.15, -0.1) is 24.0 Å². The molecule has 1 aliphatic heterocycles. The Morgan fingerprint density at radius 1 is 1.38 bits per heavy atom. The molecule has 1 heterocycles. The van der Waals surface area contributed by atoms with E-state index in [2.05, 4.69) is 17.2 Å². The summed E-state index contributed by atoms with van der Waals surface area (Å²) in [6.45, 7) is 5.30. The summed E-state index contributed by atoms with van der Waals surface area (Å²) in [5.41, 5.74) is 1.25. The average molecular weight is 407 g/mol.